The van der Waals surface area contributed by atoms with Crippen molar-refractivity contribution >= 4 is 17.3 Å². The van der Waals surface area contributed by atoms with Crippen LogP contribution in [-0.2, 0) is 13.1 Å². The predicted octanol–water partition coefficient (Wildman–Crippen LogP) is 2.28. The van der Waals surface area contributed by atoms with Gasteiger partial charge in [-0.1, -0.05) is 11.6 Å². The Kier molecular flexibility index (Phi) is 4.17. The molecule has 0 amide bonds. The number of hydrogen-bond acceptors (Lipinski definition) is 3. The highest BCUT2D eigenvalue weighted by Crippen LogP contribution is 2.19. The van der Waals surface area contributed by atoms with E-state index in [4.69, 9.17) is 16.7 Å². The molecule has 0 saturated carbocycles. The summed E-state index contributed by atoms with van der Waals surface area (Å²) in [5.74, 6) is -0.432. The van der Waals surface area contributed by atoms with E-state index in [0.717, 1.165) is 11.3 Å². The van der Waals surface area contributed by atoms with Gasteiger partial charge in [0.2, 0.25) is 0 Å². The van der Waals surface area contributed by atoms with Gasteiger partial charge in [0.15, 0.2) is 0 Å². The summed E-state index contributed by atoms with van der Waals surface area (Å²) in [7, 11) is 0. The lowest BCUT2D eigenvalue weighted by Crippen LogP contribution is -2.02. The van der Waals surface area contributed by atoms with Gasteiger partial charge in [-0.15, -0.1) is 0 Å². The summed E-state index contributed by atoms with van der Waals surface area (Å²) >= 11 is 5.68. The highest BCUT2D eigenvalue weighted by Gasteiger charge is 2.02. The third-order valence-electron chi connectivity index (χ3n) is 2.43. The molecule has 0 saturated heterocycles. The lowest BCUT2D eigenvalue weighted by molar-refractivity contribution is 0.269. The second-order valence-electron chi connectivity index (χ2n) is 3.82. The van der Waals surface area contributed by atoms with Crippen molar-refractivity contribution in [1.29, 1.82) is 0 Å². The average Bonchev–Trinajstić information content (AvgIpc) is 2.79. The molecule has 2 N–H and O–H groups in total. The zero-order valence-corrected chi connectivity index (χ0v) is 10.4. The normalized spacial score (nSPS) is 10.6. The van der Waals surface area contributed by atoms with Crippen molar-refractivity contribution in [3.63, 3.8) is 0 Å². The van der Waals surface area contributed by atoms with Crippen molar-refractivity contribution in [2.45, 2.75) is 13.1 Å². The predicted molar refractivity (Wildman–Crippen MR) is 68.0 cm³/mol. The topological polar surface area (TPSA) is 50.1 Å². The van der Waals surface area contributed by atoms with Gasteiger partial charge >= 0.3 is 0 Å². The SMILES string of the molecule is OCCn1cc(CNc2ccc(F)c(Cl)c2)cn1. The summed E-state index contributed by atoms with van der Waals surface area (Å²) in [5.41, 5.74) is 1.72. The molecule has 1 aromatic carbocycles. The molecular weight excluding hydrogens is 257 g/mol. The molecule has 0 atom stereocenters. The van der Waals surface area contributed by atoms with E-state index in [-0.39, 0.29) is 11.6 Å². The highest BCUT2D eigenvalue weighted by atomic mass is 35.5. The average molecular weight is 270 g/mol. The third kappa shape index (κ3) is 3.21. The summed E-state index contributed by atoms with van der Waals surface area (Å²) in [4.78, 5) is 0. The lowest BCUT2D eigenvalue weighted by atomic mass is 10.3. The molecule has 0 aliphatic carbocycles. The molecule has 0 radical (unpaired) electrons. The maximum absolute atomic E-state index is 13.0. The van der Waals surface area contributed by atoms with Crippen LogP contribution >= 0.6 is 11.6 Å². The first kappa shape index (κ1) is 12.9. The Morgan fingerprint density at radius 3 is 3.00 bits per heavy atom. The number of aliphatic hydroxyl groups is 1. The molecule has 2 aromatic rings. The number of nitrogens with zero attached hydrogens (tertiary/aromatic N) is 2. The van der Waals surface area contributed by atoms with Crippen molar-refractivity contribution in [2.24, 2.45) is 0 Å². The van der Waals surface area contributed by atoms with E-state index in [1.54, 1.807) is 16.9 Å². The Morgan fingerprint density at radius 1 is 1.44 bits per heavy atom. The van der Waals surface area contributed by atoms with E-state index in [1.807, 2.05) is 6.20 Å². The van der Waals surface area contributed by atoms with Gasteiger partial charge in [0.05, 0.1) is 24.4 Å². The van der Waals surface area contributed by atoms with Crippen LogP contribution in [0, 0.1) is 5.82 Å². The van der Waals surface area contributed by atoms with Crippen molar-refractivity contribution < 1.29 is 9.50 Å². The number of rotatable bonds is 5. The molecule has 96 valence electrons. The minimum Gasteiger partial charge on any atom is -0.394 e. The molecule has 0 unspecified atom stereocenters. The van der Waals surface area contributed by atoms with E-state index in [9.17, 15) is 4.39 Å². The maximum Gasteiger partial charge on any atom is 0.141 e. The smallest absolute Gasteiger partial charge is 0.141 e. The van der Waals surface area contributed by atoms with Gasteiger partial charge in [0.1, 0.15) is 5.82 Å². The summed E-state index contributed by atoms with van der Waals surface area (Å²) in [6, 6.07) is 4.48. The molecule has 0 bridgehead atoms. The number of anilines is 1. The summed E-state index contributed by atoms with van der Waals surface area (Å²) < 4.78 is 14.6. The fraction of sp³-hybridized carbons (Fsp3) is 0.250. The minimum absolute atomic E-state index is 0.0577. The number of halogens is 2. The molecule has 0 fully saturated rings. The monoisotopic (exact) mass is 269 g/mol. The van der Waals surface area contributed by atoms with E-state index in [1.165, 1.54) is 12.1 Å². The third-order valence-corrected chi connectivity index (χ3v) is 2.72. The summed E-state index contributed by atoms with van der Waals surface area (Å²) in [6.07, 6.45) is 3.56. The maximum atomic E-state index is 13.0. The number of benzene rings is 1. The molecule has 4 nitrogen and oxygen atoms in total. The first-order valence-electron chi connectivity index (χ1n) is 5.50. The molecule has 2 rings (SSSR count). The Bertz CT molecular complexity index is 530. The van der Waals surface area contributed by atoms with E-state index < -0.39 is 5.82 Å². The van der Waals surface area contributed by atoms with Crippen LogP contribution in [0.3, 0.4) is 0 Å². The zero-order valence-electron chi connectivity index (χ0n) is 9.61. The van der Waals surface area contributed by atoms with Crippen LogP contribution in [0.2, 0.25) is 5.02 Å². The Labute approximate surface area is 109 Å². The number of aliphatic hydroxyl groups excluding tert-OH is 1. The van der Waals surface area contributed by atoms with Crippen LogP contribution < -0.4 is 5.32 Å². The van der Waals surface area contributed by atoms with Crippen LogP contribution in [0.5, 0.6) is 0 Å². The molecule has 18 heavy (non-hydrogen) atoms. The van der Waals surface area contributed by atoms with Crippen LogP contribution in [0.1, 0.15) is 5.56 Å². The largest absolute Gasteiger partial charge is 0.394 e. The quantitative estimate of drug-likeness (QED) is 0.876. The van der Waals surface area contributed by atoms with Crippen molar-refractivity contribution in [3.8, 4) is 0 Å². The van der Waals surface area contributed by atoms with Gasteiger partial charge in [-0.05, 0) is 18.2 Å². The molecular formula is C12H13ClFN3O. The fourth-order valence-electron chi connectivity index (χ4n) is 1.53. The second kappa shape index (κ2) is 5.84. The van der Waals surface area contributed by atoms with Gasteiger partial charge in [-0.2, -0.15) is 5.10 Å². The first-order chi connectivity index (χ1) is 8.69. The molecule has 1 heterocycles. The molecule has 0 aliphatic rings. The van der Waals surface area contributed by atoms with Crippen LogP contribution in [-0.4, -0.2) is 21.5 Å². The number of nitrogens with one attached hydrogen (secondary N) is 1. The number of hydrogen-bond donors (Lipinski definition) is 2. The first-order valence-corrected chi connectivity index (χ1v) is 5.88. The van der Waals surface area contributed by atoms with E-state index in [2.05, 4.69) is 10.4 Å². The highest BCUT2D eigenvalue weighted by molar-refractivity contribution is 6.31. The molecule has 6 heteroatoms. The van der Waals surface area contributed by atoms with Crippen LogP contribution in [0.15, 0.2) is 30.6 Å². The Morgan fingerprint density at radius 2 is 2.28 bits per heavy atom. The van der Waals surface area contributed by atoms with Crippen molar-refractivity contribution in [2.75, 3.05) is 11.9 Å². The zero-order chi connectivity index (χ0) is 13.0. The fourth-order valence-corrected chi connectivity index (χ4v) is 1.71. The van der Waals surface area contributed by atoms with Gasteiger partial charge in [0.25, 0.3) is 0 Å². The van der Waals surface area contributed by atoms with Gasteiger partial charge in [0, 0.05) is 24.0 Å². The van der Waals surface area contributed by atoms with Gasteiger partial charge in [-0.25, -0.2) is 4.39 Å². The summed E-state index contributed by atoms with van der Waals surface area (Å²) in [5, 5.41) is 16.1. The molecule has 1 aromatic heterocycles. The molecule has 0 spiro atoms. The van der Waals surface area contributed by atoms with Crippen molar-refractivity contribution in [3.05, 3.63) is 47.0 Å². The van der Waals surface area contributed by atoms with Crippen LogP contribution in [0.25, 0.3) is 0 Å². The van der Waals surface area contributed by atoms with Gasteiger partial charge < -0.3 is 10.4 Å². The van der Waals surface area contributed by atoms with E-state index in [0.29, 0.717) is 13.1 Å². The minimum atomic E-state index is -0.432. The van der Waals surface area contributed by atoms with Crippen LogP contribution in [0.4, 0.5) is 10.1 Å². The Hall–Kier alpha value is -1.59. The lowest BCUT2D eigenvalue weighted by Gasteiger charge is -2.05. The standard InChI is InChI=1S/C12H13ClFN3O/c13-11-5-10(1-2-12(11)14)15-6-9-7-16-17(8-9)3-4-18/h1-2,5,7-8,15,18H,3-4,6H2. The van der Waals surface area contributed by atoms with Crippen molar-refractivity contribution in [1.82, 2.24) is 9.78 Å². The second-order valence-corrected chi connectivity index (χ2v) is 4.22. The van der Waals surface area contributed by atoms with E-state index >= 15 is 0 Å². The number of aromatic nitrogens is 2. The Balaban J connectivity index is 1.95. The summed E-state index contributed by atoms with van der Waals surface area (Å²) in [6.45, 7) is 1.10. The molecule has 0 aliphatic heterocycles. The van der Waals surface area contributed by atoms with Gasteiger partial charge in [-0.3, -0.25) is 4.68 Å².